The second kappa shape index (κ2) is 7.36. The first-order valence-corrected chi connectivity index (χ1v) is 10.4. The minimum atomic E-state index is -0.250. The predicted molar refractivity (Wildman–Crippen MR) is 114 cm³/mol. The van der Waals surface area contributed by atoms with Crippen LogP contribution in [0.5, 0.6) is 0 Å². The van der Waals surface area contributed by atoms with Gasteiger partial charge in [-0.3, -0.25) is 9.59 Å². The van der Waals surface area contributed by atoms with Crippen LogP contribution >= 0.6 is 11.3 Å². The molecule has 5 nitrogen and oxygen atoms in total. The molecule has 3 N–H and O–H groups in total. The van der Waals surface area contributed by atoms with E-state index in [-0.39, 0.29) is 11.7 Å². The van der Waals surface area contributed by atoms with Crippen molar-refractivity contribution in [3.8, 4) is 0 Å². The molecular formula is C22H23N3O2S. The lowest BCUT2D eigenvalue weighted by Gasteiger charge is -2.22. The van der Waals surface area contributed by atoms with Crippen LogP contribution in [0.3, 0.4) is 0 Å². The normalized spacial score (nSPS) is 16.0. The second-order valence-electron chi connectivity index (χ2n) is 7.40. The largest absolute Gasteiger partial charge is 0.397 e. The highest BCUT2D eigenvalue weighted by Crippen LogP contribution is 2.37. The van der Waals surface area contributed by atoms with Crippen LogP contribution in [-0.4, -0.2) is 16.7 Å². The van der Waals surface area contributed by atoms with E-state index in [1.54, 1.807) is 24.3 Å². The Labute approximate surface area is 168 Å². The van der Waals surface area contributed by atoms with Crippen LogP contribution in [0.1, 0.15) is 58.0 Å². The van der Waals surface area contributed by atoms with Crippen molar-refractivity contribution in [1.82, 2.24) is 4.98 Å². The number of Topliss-reactive ketones (excluding diaryl/α,β-unsaturated/α-hetero) is 1. The highest BCUT2D eigenvalue weighted by Gasteiger charge is 2.23. The van der Waals surface area contributed by atoms with Gasteiger partial charge < -0.3 is 11.1 Å². The molecule has 6 heteroatoms. The number of hydrogen-bond donors (Lipinski definition) is 2. The molecule has 0 spiro atoms. The van der Waals surface area contributed by atoms with Gasteiger partial charge in [-0.15, -0.1) is 11.3 Å². The summed E-state index contributed by atoms with van der Waals surface area (Å²) >= 11 is 1.34. The highest BCUT2D eigenvalue weighted by molar-refractivity contribution is 7.21. The van der Waals surface area contributed by atoms with Crippen molar-refractivity contribution in [2.24, 2.45) is 5.92 Å². The third-order valence-corrected chi connectivity index (χ3v) is 6.63. The number of benzene rings is 1. The van der Waals surface area contributed by atoms with Crippen LogP contribution < -0.4 is 11.1 Å². The van der Waals surface area contributed by atoms with Gasteiger partial charge in [0.1, 0.15) is 9.71 Å². The Morgan fingerprint density at radius 2 is 2.04 bits per heavy atom. The zero-order chi connectivity index (χ0) is 19.8. The van der Waals surface area contributed by atoms with Gasteiger partial charge in [0, 0.05) is 22.3 Å². The van der Waals surface area contributed by atoms with Crippen molar-refractivity contribution in [2.75, 3.05) is 11.1 Å². The second-order valence-corrected chi connectivity index (χ2v) is 8.40. The molecule has 0 aliphatic heterocycles. The van der Waals surface area contributed by atoms with Crippen LogP contribution in [0.25, 0.3) is 10.2 Å². The Morgan fingerprint density at radius 1 is 1.29 bits per heavy atom. The van der Waals surface area contributed by atoms with E-state index in [1.807, 2.05) is 0 Å². The van der Waals surface area contributed by atoms with Gasteiger partial charge in [0.05, 0.1) is 5.69 Å². The van der Waals surface area contributed by atoms with E-state index in [9.17, 15) is 9.59 Å². The van der Waals surface area contributed by atoms with Gasteiger partial charge >= 0.3 is 0 Å². The summed E-state index contributed by atoms with van der Waals surface area (Å²) in [6.07, 6.45) is 4.37. The minimum Gasteiger partial charge on any atom is -0.397 e. The number of nitrogen functional groups attached to an aromatic ring is 1. The van der Waals surface area contributed by atoms with Crippen LogP contribution in [0.4, 0.5) is 11.4 Å². The maximum atomic E-state index is 12.8. The lowest BCUT2D eigenvalue weighted by Crippen LogP contribution is -2.14. The van der Waals surface area contributed by atoms with Crippen molar-refractivity contribution >= 4 is 44.6 Å². The Morgan fingerprint density at radius 3 is 2.71 bits per heavy atom. The Balaban J connectivity index is 1.62. The number of thiophene rings is 1. The van der Waals surface area contributed by atoms with E-state index in [0.717, 1.165) is 28.8 Å². The molecule has 0 saturated heterocycles. The van der Waals surface area contributed by atoms with E-state index in [1.165, 1.54) is 36.7 Å². The summed E-state index contributed by atoms with van der Waals surface area (Å²) in [7, 11) is 0. The number of nitrogens with zero attached hydrogens (tertiary/aromatic N) is 1. The number of ketones is 1. The molecule has 1 aliphatic rings. The summed E-state index contributed by atoms with van der Waals surface area (Å²) in [6, 6.07) is 8.97. The minimum absolute atomic E-state index is 0.00743. The average molecular weight is 394 g/mol. The quantitative estimate of drug-likeness (QED) is 0.621. The zero-order valence-corrected chi connectivity index (χ0v) is 16.9. The van der Waals surface area contributed by atoms with E-state index in [2.05, 4.69) is 18.3 Å². The molecule has 0 unspecified atom stereocenters. The number of anilines is 2. The fraction of sp³-hybridized carbons (Fsp3) is 0.318. The summed E-state index contributed by atoms with van der Waals surface area (Å²) in [5, 5.41) is 3.74. The fourth-order valence-corrected chi connectivity index (χ4v) is 4.75. The van der Waals surface area contributed by atoms with Crippen molar-refractivity contribution < 1.29 is 9.59 Å². The van der Waals surface area contributed by atoms with Gasteiger partial charge in [-0.25, -0.2) is 4.98 Å². The maximum Gasteiger partial charge on any atom is 0.267 e. The standard InChI is InChI=1S/C22H23N3O2S/c1-3-13-4-9-18-15(10-13)11-17-19(23)20(28-22(17)25-18)21(27)24-16-7-5-14(6-8-16)12(2)26/h5-8,11,13H,3-4,9-10,23H2,1-2H3,(H,24,27)/t13-/m1/s1. The van der Waals surface area contributed by atoms with Gasteiger partial charge in [-0.1, -0.05) is 13.3 Å². The molecule has 4 rings (SSSR count). The number of pyridine rings is 1. The Hall–Kier alpha value is -2.73. The number of rotatable bonds is 4. The molecule has 1 atom stereocenters. The molecule has 0 radical (unpaired) electrons. The van der Waals surface area contributed by atoms with Gasteiger partial charge in [0.15, 0.2) is 5.78 Å². The molecule has 0 fully saturated rings. The smallest absolute Gasteiger partial charge is 0.267 e. The first kappa shape index (κ1) is 18.6. The lowest BCUT2D eigenvalue weighted by atomic mass is 9.85. The Bertz CT molecular complexity index is 1070. The first-order chi connectivity index (χ1) is 13.5. The number of nitrogens with two attached hydrogens (primary N) is 1. The molecule has 1 aromatic carbocycles. The predicted octanol–water partition coefficient (Wildman–Crippen LogP) is 4.85. The molecule has 3 aromatic rings. The van der Waals surface area contributed by atoms with Crippen LogP contribution in [0.15, 0.2) is 30.3 Å². The number of carbonyl (C=O) groups is 2. The molecule has 144 valence electrons. The van der Waals surface area contributed by atoms with Crippen LogP contribution in [0.2, 0.25) is 0 Å². The summed E-state index contributed by atoms with van der Waals surface area (Å²) in [4.78, 5) is 30.3. The average Bonchev–Trinajstić information content (AvgIpc) is 3.02. The summed E-state index contributed by atoms with van der Waals surface area (Å²) in [5.41, 5.74) is 10.5. The molecule has 0 bridgehead atoms. The van der Waals surface area contributed by atoms with Gasteiger partial charge in [-0.05, 0) is 68.0 Å². The topological polar surface area (TPSA) is 85.1 Å². The maximum absolute atomic E-state index is 12.8. The number of fused-ring (bicyclic) bond motifs is 2. The van der Waals surface area contributed by atoms with Crippen molar-refractivity contribution in [3.05, 3.63) is 52.0 Å². The van der Waals surface area contributed by atoms with Gasteiger partial charge in [0.2, 0.25) is 0 Å². The molecule has 1 aliphatic carbocycles. The van der Waals surface area contributed by atoms with Crippen LogP contribution in [0, 0.1) is 5.92 Å². The van der Waals surface area contributed by atoms with Crippen LogP contribution in [-0.2, 0) is 12.8 Å². The number of aryl methyl sites for hydroxylation is 1. The molecule has 2 aromatic heterocycles. The molecule has 0 saturated carbocycles. The van der Waals surface area contributed by atoms with Crippen molar-refractivity contribution in [1.29, 1.82) is 0 Å². The molecule has 28 heavy (non-hydrogen) atoms. The molecule has 2 heterocycles. The molecule has 1 amide bonds. The molecular weight excluding hydrogens is 370 g/mol. The fourth-order valence-electron chi connectivity index (χ4n) is 3.76. The van der Waals surface area contributed by atoms with Gasteiger partial charge in [-0.2, -0.15) is 0 Å². The lowest BCUT2D eigenvalue weighted by molar-refractivity contribution is 0.101. The van der Waals surface area contributed by atoms with E-state index in [0.29, 0.717) is 27.7 Å². The van der Waals surface area contributed by atoms with E-state index < -0.39 is 0 Å². The number of hydrogen-bond acceptors (Lipinski definition) is 5. The number of nitrogens with one attached hydrogen (secondary N) is 1. The Kier molecular flexibility index (Phi) is 4.89. The monoisotopic (exact) mass is 393 g/mol. The number of amides is 1. The van der Waals surface area contributed by atoms with Crippen molar-refractivity contribution in [3.63, 3.8) is 0 Å². The SMILES string of the molecule is CC[C@@H]1CCc2nc3sc(C(=O)Nc4ccc(C(C)=O)cc4)c(N)c3cc2C1. The summed E-state index contributed by atoms with van der Waals surface area (Å²) in [6.45, 7) is 3.74. The zero-order valence-electron chi connectivity index (χ0n) is 16.0. The number of carbonyl (C=O) groups excluding carboxylic acids is 2. The first-order valence-electron chi connectivity index (χ1n) is 9.59. The van der Waals surface area contributed by atoms with Gasteiger partial charge in [0.25, 0.3) is 5.91 Å². The summed E-state index contributed by atoms with van der Waals surface area (Å²) in [5.74, 6) is 0.444. The highest BCUT2D eigenvalue weighted by atomic mass is 32.1. The third-order valence-electron chi connectivity index (χ3n) is 5.52. The summed E-state index contributed by atoms with van der Waals surface area (Å²) < 4.78 is 0. The van der Waals surface area contributed by atoms with Crippen molar-refractivity contribution in [2.45, 2.75) is 39.5 Å². The van der Waals surface area contributed by atoms with E-state index >= 15 is 0 Å². The number of aromatic nitrogens is 1. The third kappa shape index (κ3) is 3.40. The van der Waals surface area contributed by atoms with E-state index in [4.69, 9.17) is 10.7 Å².